The van der Waals surface area contributed by atoms with Gasteiger partial charge in [-0.25, -0.2) is 0 Å². The molecule has 0 aliphatic carbocycles. The first-order chi connectivity index (χ1) is 33.0. The molecule has 394 valence electrons. The molecule has 0 aliphatic heterocycles. The first-order valence-corrected chi connectivity index (χ1v) is 29.8. The monoisotopic (exact) mass is 943 g/mol. The predicted octanol–water partition coefficient (Wildman–Crippen LogP) is 19.9. The molecule has 0 aromatic carbocycles. The van der Waals surface area contributed by atoms with E-state index in [1.807, 2.05) is 0 Å². The Morgan fingerprint density at radius 2 is 0.493 bits per heavy atom. The third-order valence-corrected chi connectivity index (χ3v) is 13.4. The highest BCUT2D eigenvalue weighted by molar-refractivity contribution is 5.71. The number of hydrogen-bond acceptors (Lipinski definition) is 6. The van der Waals surface area contributed by atoms with Gasteiger partial charge in [0.05, 0.1) is 0 Å². The summed E-state index contributed by atoms with van der Waals surface area (Å²) in [6, 6.07) is 0. The molecule has 0 fully saturated rings. The SMILES string of the molecule is CCCCCC/C=C\CCCCCCCC(=O)OC(COC(=O)CCCCCCCCCCC)COC(=O)CCCCCCCCCCCCCCCCC/C=C\CCCCCCCCCC. The van der Waals surface area contributed by atoms with E-state index in [1.165, 1.54) is 225 Å². The molecule has 0 radical (unpaired) electrons. The lowest BCUT2D eigenvalue weighted by atomic mass is 10.0. The maximum atomic E-state index is 12.8. The molecule has 0 aromatic heterocycles. The highest BCUT2D eigenvalue weighted by atomic mass is 16.6. The summed E-state index contributed by atoms with van der Waals surface area (Å²) < 4.78 is 16.8. The minimum absolute atomic E-state index is 0.0701. The third kappa shape index (κ3) is 54.7. The van der Waals surface area contributed by atoms with Crippen molar-refractivity contribution >= 4 is 17.9 Å². The van der Waals surface area contributed by atoms with Crippen molar-refractivity contribution in [3.05, 3.63) is 24.3 Å². The molecule has 6 nitrogen and oxygen atoms in total. The lowest BCUT2D eigenvalue weighted by molar-refractivity contribution is -0.167. The summed E-state index contributed by atoms with van der Waals surface area (Å²) in [5.74, 6) is -0.864. The number of esters is 3. The van der Waals surface area contributed by atoms with Crippen molar-refractivity contribution in [1.29, 1.82) is 0 Å². The number of unbranched alkanes of at least 4 members (excludes halogenated alkanes) is 40. The molecule has 0 heterocycles. The molecule has 0 saturated carbocycles. The number of ether oxygens (including phenoxy) is 3. The van der Waals surface area contributed by atoms with Crippen LogP contribution in [0.3, 0.4) is 0 Å². The van der Waals surface area contributed by atoms with Crippen molar-refractivity contribution in [1.82, 2.24) is 0 Å². The number of hydrogen-bond donors (Lipinski definition) is 0. The summed E-state index contributed by atoms with van der Waals surface area (Å²) in [6.45, 7) is 6.64. The molecule has 0 aromatic rings. The van der Waals surface area contributed by atoms with E-state index in [-0.39, 0.29) is 31.1 Å². The van der Waals surface area contributed by atoms with Crippen molar-refractivity contribution in [2.75, 3.05) is 13.2 Å². The summed E-state index contributed by atoms with van der Waals surface area (Å²) in [6.07, 6.45) is 66.3. The molecule has 0 N–H and O–H groups in total. The van der Waals surface area contributed by atoms with Crippen LogP contribution in [-0.2, 0) is 28.6 Å². The summed E-state index contributed by atoms with van der Waals surface area (Å²) in [5.41, 5.74) is 0. The zero-order chi connectivity index (χ0) is 48.6. The number of rotatable bonds is 55. The quantitative estimate of drug-likeness (QED) is 0.0262. The van der Waals surface area contributed by atoms with Crippen LogP contribution in [-0.4, -0.2) is 37.2 Å². The smallest absolute Gasteiger partial charge is 0.306 e. The minimum atomic E-state index is -0.770. The fourth-order valence-corrected chi connectivity index (χ4v) is 8.91. The van der Waals surface area contributed by atoms with Gasteiger partial charge in [-0.15, -0.1) is 0 Å². The van der Waals surface area contributed by atoms with Crippen LogP contribution in [0.4, 0.5) is 0 Å². The Bertz CT molecular complexity index is 1080. The van der Waals surface area contributed by atoms with Gasteiger partial charge in [-0.3, -0.25) is 14.4 Å². The van der Waals surface area contributed by atoms with Gasteiger partial charge in [-0.05, 0) is 70.6 Å². The molecule has 0 rings (SSSR count). The van der Waals surface area contributed by atoms with Crippen molar-refractivity contribution in [3.63, 3.8) is 0 Å². The molecule has 0 bridgehead atoms. The molecule has 1 atom stereocenters. The predicted molar refractivity (Wildman–Crippen MR) is 289 cm³/mol. The topological polar surface area (TPSA) is 78.9 Å². The van der Waals surface area contributed by atoms with Crippen LogP contribution in [0.1, 0.15) is 329 Å². The Morgan fingerprint density at radius 1 is 0.284 bits per heavy atom. The largest absolute Gasteiger partial charge is 0.462 e. The van der Waals surface area contributed by atoms with Crippen LogP contribution in [0.25, 0.3) is 0 Å². The van der Waals surface area contributed by atoms with Crippen LogP contribution in [0.2, 0.25) is 0 Å². The maximum absolute atomic E-state index is 12.8. The summed E-state index contributed by atoms with van der Waals surface area (Å²) in [4.78, 5) is 38.0. The maximum Gasteiger partial charge on any atom is 0.306 e. The van der Waals surface area contributed by atoms with Gasteiger partial charge in [-0.1, -0.05) is 263 Å². The van der Waals surface area contributed by atoms with E-state index >= 15 is 0 Å². The Morgan fingerprint density at radius 3 is 0.761 bits per heavy atom. The Hall–Kier alpha value is -2.11. The molecular weight excluding hydrogens is 829 g/mol. The standard InChI is InChI=1S/C61H114O6/c1-4-7-10-13-16-19-21-23-24-25-26-27-28-29-30-31-32-33-34-35-36-38-39-42-45-48-51-54-60(63)66-57-58(56-65-59(62)53-50-47-44-41-18-15-12-9-6-3)67-61(64)55-52-49-46-43-40-37-22-20-17-14-11-8-5-2/h20,22,25-26,58H,4-19,21,23-24,27-57H2,1-3H3/b22-20-,26-25-. The molecule has 0 aliphatic rings. The third-order valence-electron chi connectivity index (χ3n) is 13.4. The molecule has 67 heavy (non-hydrogen) atoms. The molecule has 0 amide bonds. The highest BCUT2D eigenvalue weighted by Gasteiger charge is 2.19. The van der Waals surface area contributed by atoms with Crippen molar-refractivity contribution in [2.45, 2.75) is 335 Å². The Balaban J connectivity index is 4.09. The highest BCUT2D eigenvalue weighted by Crippen LogP contribution is 2.17. The van der Waals surface area contributed by atoms with Crippen molar-refractivity contribution in [3.8, 4) is 0 Å². The lowest BCUT2D eigenvalue weighted by Gasteiger charge is -2.18. The van der Waals surface area contributed by atoms with Crippen LogP contribution >= 0.6 is 0 Å². The van der Waals surface area contributed by atoms with E-state index in [4.69, 9.17) is 14.2 Å². The van der Waals surface area contributed by atoms with E-state index < -0.39 is 6.10 Å². The molecule has 0 saturated heterocycles. The van der Waals surface area contributed by atoms with Gasteiger partial charge in [-0.2, -0.15) is 0 Å². The van der Waals surface area contributed by atoms with E-state index in [9.17, 15) is 14.4 Å². The van der Waals surface area contributed by atoms with Gasteiger partial charge in [0.2, 0.25) is 0 Å². The van der Waals surface area contributed by atoms with Crippen molar-refractivity contribution in [2.24, 2.45) is 0 Å². The second kappa shape index (κ2) is 56.5. The fraction of sp³-hybridized carbons (Fsp3) is 0.885. The first kappa shape index (κ1) is 64.9. The first-order valence-electron chi connectivity index (χ1n) is 29.8. The Kier molecular flexibility index (Phi) is 54.7. The molecular formula is C61H114O6. The van der Waals surface area contributed by atoms with Crippen LogP contribution in [0, 0.1) is 0 Å². The molecule has 6 heteroatoms. The minimum Gasteiger partial charge on any atom is -0.462 e. The van der Waals surface area contributed by atoms with Crippen LogP contribution in [0.15, 0.2) is 24.3 Å². The molecule has 1 unspecified atom stereocenters. The van der Waals surface area contributed by atoms with Gasteiger partial charge >= 0.3 is 17.9 Å². The average Bonchev–Trinajstić information content (AvgIpc) is 3.33. The second-order valence-electron chi connectivity index (χ2n) is 20.3. The summed E-state index contributed by atoms with van der Waals surface area (Å²) in [7, 11) is 0. The van der Waals surface area contributed by atoms with Crippen LogP contribution < -0.4 is 0 Å². The fourth-order valence-electron chi connectivity index (χ4n) is 8.91. The lowest BCUT2D eigenvalue weighted by Crippen LogP contribution is -2.30. The normalized spacial score (nSPS) is 12.1. The van der Waals surface area contributed by atoms with E-state index in [0.29, 0.717) is 19.3 Å². The van der Waals surface area contributed by atoms with E-state index in [2.05, 4.69) is 45.1 Å². The Labute approximate surface area is 417 Å². The van der Waals surface area contributed by atoms with E-state index in [1.54, 1.807) is 0 Å². The van der Waals surface area contributed by atoms with Gasteiger partial charge in [0.1, 0.15) is 13.2 Å². The second-order valence-corrected chi connectivity index (χ2v) is 20.3. The van der Waals surface area contributed by atoms with Gasteiger partial charge < -0.3 is 14.2 Å². The zero-order valence-electron chi connectivity index (χ0n) is 45.2. The number of carbonyl (C=O) groups is 3. The summed E-state index contributed by atoms with van der Waals surface area (Å²) >= 11 is 0. The van der Waals surface area contributed by atoms with E-state index in [0.717, 1.165) is 64.2 Å². The zero-order valence-corrected chi connectivity index (χ0v) is 45.2. The average molecular weight is 944 g/mol. The van der Waals surface area contributed by atoms with Crippen LogP contribution in [0.5, 0.6) is 0 Å². The number of carbonyl (C=O) groups excluding carboxylic acids is 3. The molecule has 0 spiro atoms. The van der Waals surface area contributed by atoms with Crippen molar-refractivity contribution < 1.29 is 28.6 Å². The van der Waals surface area contributed by atoms with Gasteiger partial charge in [0.15, 0.2) is 6.10 Å². The van der Waals surface area contributed by atoms with Gasteiger partial charge in [0, 0.05) is 19.3 Å². The van der Waals surface area contributed by atoms with Gasteiger partial charge in [0.25, 0.3) is 0 Å². The number of allylic oxidation sites excluding steroid dienone is 4. The summed E-state index contributed by atoms with van der Waals surface area (Å²) in [5, 5.41) is 0.